The van der Waals surface area contributed by atoms with E-state index >= 15 is 0 Å². The molecule has 1 aromatic rings. The third-order valence-electron chi connectivity index (χ3n) is 2.33. The van der Waals surface area contributed by atoms with Crippen LogP contribution in [0, 0.1) is 0 Å². The van der Waals surface area contributed by atoms with Gasteiger partial charge in [0.05, 0.1) is 18.9 Å². The van der Waals surface area contributed by atoms with Gasteiger partial charge in [-0.25, -0.2) is 0 Å². The third-order valence-corrected chi connectivity index (χ3v) is 2.33. The Kier molecular flexibility index (Phi) is 2.79. The van der Waals surface area contributed by atoms with Gasteiger partial charge in [0.15, 0.2) is 0 Å². The molecule has 1 saturated heterocycles. The Balaban J connectivity index is 2.31. The number of hydrogen-bond donors (Lipinski definition) is 0. The summed E-state index contributed by atoms with van der Waals surface area (Å²) in [5.74, 6) is 0. The number of anilines is 1. The predicted molar refractivity (Wildman–Crippen MR) is 55.7 cm³/mol. The van der Waals surface area contributed by atoms with E-state index in [0.29, 0.717) is 13.2 Å². The highest BCUT2D eigenvalue weighted by molar-refractivity contribution is 5.45. The monoisotopic (exact) mass is 191 g/mol. The molecule has 0 unspecified atom stereocenters. The second kappa shape index (κ2) is 4.24. The smallest absolute Gasteiger partial charge is 0.201 e. The summed E-state index contributed by atoms with van der Waals surface area (Å²) in [6.07, 6.45) is 0. The maximum Gasteiger partial charge on any atom is 0.201 e. The molecule has 74 valence electrons. The minimum atomic E-state index is 0.0805. The molecule has 0 bridgehead atoms. The van der Waals surface area contributed by atoms with E-state index < -0.39 is 0 Å². The van der Waals surface area contributed by atoms with Crippen molar-refractivity contribution in [2.45, 2.75) is 0 Å². The van der Waals surface area contributed by atoms with Crippen LogP contribution in [-0.2, 0) is 4.74 Å². The van der Waals surface area contributed by atoms with E-state index in [2.05, 4.69) is 4.90 Å². The quantitative estimate of drug-likeness (QED) is 0.660. The van der Waals surface area contributed by atoms with Gasteiger partial charge in [-0.2, -0.15) is 0 Å². The molecular formula is C11H13NO2. The van der Waals surface area contributed by atoms with Gasteiger partial charge in [-0.05, 0) is 12.1 Å². The fourth-order valence-corrected chi connectivity index (χ4v) is 1.59. The van der Waals surface area contributed by atoms with Crippen LogP contribution in [-0.4, -0.2) is 26.3 Å². The highest BCUT2D eigenvalue weighted by Crippen LogP contribution is 2.08. The molecule has 0 N–H and O–H groups in total. The topological polar surface area (TPSA) is 29.5 Å². The first kappa shape index (κ1) is 9.21. The summed E-state index contributed by atoms with van der Waals surface area (Å²) in [5.41, 5.74) is 0.857. The van der Waals surface area contributed by atoms with Gasteiger partial charge in [0.2, 0.25) is 5.43 Å². The number of ether oxygens (including phenoxy) is 1. The van der Waals surface area contributed by atoms with Crippen molar-refractivity contribution < 1.29 is 4.74 Å². The van der Waals surface area contributed by atoms with Crippen LogP contribution in [0.4, 0.5) is 5.69 Å². The minimum Gasteiger partial charge on any atom is -0.378 e. The molecule has 0 saturated carbocycles. The van der Waals surface area contributed by atoms with Crippen molar-refractivity contribution in [1.29, 1.82) is 0 Å². The van der Waals surface area contributed by atoms with Crippen LogP contribution in [0.3, 0.4) is 0 Å². The summed E-state index contributed by atoms with van der Waals surface area (Å²) in [6, 6.07) is 9.00. The lowest BCUT2D eigenvalue weighted by Gasteiger charge is -2.27. The van der Waals surface area contributed by atoms with Crippen molar-refractivity contribution in [2.75, 3.05) is 31.2 Å². The van der Waals surface area contributed by atoms with E-state index in [1.165, 1.54) is 0 Å². The molecule has 0 spiro atoms. The van der Waals surface area contributed by atoms with Gasteiger partial charge in [0.25, 0.3) is 0 Å². The average Bonchev–Trinajstić information content (AvgIpc) is 2.44. The zero-order valence-corrected chi connectivity index (χ0v) is 7.98. The Labute approximate surface area is 82.9 Å². The summed E-state index contributed by atoms with van der Waals surface area (Å²) in [5, 5.41) is 0. The summed E-state index contributed by atoms with van der Waals surface area (Å²) in [7, 11) is 0. The predicted octanol–water partition coefficient (Wildman–Crippen LogP) is 0.883. The highest BCUT2D eigenvalue weighted by Gasteiger charge is 2.12. The van der Waals surface area contributed by atoms with Gasteiger partial charge >= 0.3 is 0 Å². The molecule has 2 rings (SSSR count). The highest BCUT2D eigenvalue weighted by atomic mass is 16.5. The van der Waals surface area contributed by atoms with Gasteiger partial charge in [0, 0.05) is 13.1 Å². The summed E-state index contributed by atoms with van der Waals surface area (Å²) >= 11 is 0. The number of nitrogens with zero attached hydrogens (tertiary/aromatic N) is 1. The zero-order valence-electron chi connectivity index (χ0n) is 7.98. The molecule has 0 atom stereocenters. The molecule has 14 heavy (non-hydrogen) atoms. The Morgan fingerprint density at radius 3 is 2.57 bits per heavy atom. The molecular weight excluding hydrogens is 178 g/mol. The molecule has 1 fully saturated rings. The standard InChI is InChI=1S/C11H13NO2/c13-11-5-3-1-2-4-10(11)12-6-8-14-9-7-12/h1-5H,6-9H2. The molecule has 1 aliphatic heterocycles. The van der Waals surface area contributed by atoms with E-state index in [4.69, 9.17) is 4.74 Å². The van der Waals surface area contributed by atoms with Gasteiger partial charge in [0.1, 0.15) is 0 Å². The van der Waals surface area contributed by atoms with Crippen molar-refractivity contribution in [3.8, 4) is 0 Å². The lowest BCUT2D eigenvalue weighted by molar-refractivity contribution is 0.122. The van der Waals surface area contributed by atoms with Gasteiger partial charge in [-0.15, -0.1) is 0 Å². The summed E-state index contributed by atoms with van der Waals surface area (Å²) in [6.45, 7) is 3.02. The number of hydrogen-bond acceptors (Lipinski definition) is 3. The first-order chi connectivity index (χ1) is 6.88. The molecule has 1 aromatic carbocycles. The second-order valence-electron chi connectivity index (χ2n) is 3.26. The summed E-state index contributed by atoms with van der Waals surface area (Å²) < 4.78 is 5.24. The Hall–Kier alpha value is -1.35. The fourth-order valence-electron chi connectivity index (χ4n) is 1.59. The number of morpholine rings is 1. The van der Waals surface area contributed by atoms with E-state index in [0.717, 1.165) is 18.8 Å². The van der Waals surface area contributed by atoms with Crippen LogP contribution in [0.2, 0.25) is 0 Å². The lowest BCUT2D eigenvalue weighted by atomic mass is 10.3. The van der Waals surface area contributed by atoms with Crippen molar-refractivity contribution in [2.24, 2.45) is 0 Å². The van der Waals surface area contributed by atoms with Crippen LogP contribution in [0.1, 0.15) is 0 Å². The largest absolute Gasteiger partial charge is 0.378 e. The van der Waals surface area contributed by atoms with Gasteiger partial charge in [-0.1, -0.05) is 18.2 Å². The normalized spacial score (nSPS) is 16.7. The average molecular weight is 191 g/mol. The van der Waals surface area contributed by atoms with Crippen molar-refractivity contribution in [1.82, 2.24) is 0 Å². The molecule has 3 heteroatoms. The van der Waals surface area contributed by atoms with Crippen molar-refractivity contribution in [3.63, 3.8) is 0 Å². The van der Waals surface area contributed by atoms with E-state index in [-0.39, 0.29) is 5.43 Å². The van der Waals surface area contributed by atoms with E-state index in [1.807, 2.05) is 18.2 Å². The zero-order chi connectivity index (χ0) is 9.80. The molecule has 1 heterocycles. The van der Waals surface area contributed by atoms with Crippen LogP contribution < -0.4 is 10.3 Å². The molecule has 1 aliphatic rings. The first-order valence-electron chi connectivity index (χ1n) is 4.80. The fraction of sp³-hybridized carbons (Fsp3) is 0.364. The molecule has 0 aliphatic carbocycles. The minimum absolute atomic E-state index is 0.0805. The Morgan fingerprint density at radius 2 is 1.79 bits per heavy atom. The molecule has 0 aromatic heterocycles. The third kappa shape index (κ3) is 1.93. The summed E-state index contributed by atoms with van der Waals surface area (Å²) in [4.78, 5) is 13.7. The molecule has 0 radical (unpaired) electrons. The lowest BCUT2D eigenvalue weighted by Crippen LogP contribution is -2.38. The van der Waals surface area contributed by atoms with Gasteiger partial charge in [-0.3, -0.25) is 4.79 Å². The maximum atomic E-state index is 11.6. The molecule has 3 nitrogen and oxygen atoms in total. The van der Waals surface area contributed by atoms with Crippen LogP contribution in [0.25, 0.3) is 0 Å². The van der Waals surface area contributed by atoms with Gasteiger partial charge < -0.3 is 9.64 Å². The number of rotatable bonds is 1. The molecule has 0 amide bonds. The van der Waals surface area contributed by atoms with Crippen LogP contribution >= 0.6 is 0 Å². The van der Waals surface area contributed by atoms with Crippen LogP contribution in [0.15, 0.2) is 35.1 Å². The second-order valence-corrected chi connectivity index (χ2v) is 3.26. The Morgan fingerprint density at radius 1 is 1.07 bits per heavy atom. The SMILES string of the molecule is O=c1cccccc1N1CCOCC1. The van der Waals surface area contributed by atoms with E-state index in [9.17, 15) is 4.79 Å². The Bertz CT molecular complexity index is 358. The first-order valence-corrected chi connectivity index (χ1v) is 4.80. The van der Waals surface area contributed by atoms with Crippen LogP contribution in [0.5, 0.6) is 0 Å². The maximum absolute atomic E-state index is 11.6. The van der Waals surface area contributed by atoms with E-state index in [1.54, 1.807) is 12.1 Å². The van der Waals surface area contributed by atoms with Crippen molar-refractivity contribution >= 4 is 5.69 Å². The van der Waals surface area contributed by atoms with Crippen molar-refractivity contribution in [3.05, 3.63) is 40.6 Å².